The number of halogens is 2. The topological polar surface area (TPSA) is 29.5 Å². The molecule has 0 unspecified atom stereocenters. The van der Waals surface area contributed by atoms with Gasteiger partial charge in [-0.2, -0.15) is 8.78 Å². The molecule has 78 valence electrons. The molecule has 0 spiro atoms. The Bertz CT molecular complexity index is 483. The van der Waals surface area contributed by atoms with E-state index in [1.165, 1.54) is 12.1 Å². The Balaban J connectivity index is 2.52. The summed E-state index contributed by atoms with van der Waals surface area (Å²) in [5.74, 6) is -0.488. The molecule has 2 aromatic rings. The molecule has 0 aliphatic rings. The van der Waals surface area contributed by atoms with Gasteiger partial charge in [0, 0.05) is 0 Å². The van der Waals surface area contributed by atoms with Gasteiger partial charge in [0.2, 0.25) is 0 Å². The maximum atomic E-state index is 12.0. The van der Waals surface area contributed by atoms with E-state index >= 15 is 0 Å². The molecule has 2 nitrogen and oxygen atoms in total. The Morgan fingerprint density at radius 1 is 1.07 bits per heavy atom. The van der Waals surface area contributed by atoms with Crippen LogP contribution in [0.3, 0.4) is 0 Å². The fourth-order valence-corrected chi connectivity index (χ4v) is 1.40. The van der Waals surface area contributed by atoms with Crippen LogP contribution < -0.4 is 4.74 Å². The van der Waals surface area contributed by atoms with Crippen LogP contribution in [0.25, 0.3) is 10.8 Å². The van der Waals surface area contributed by atoms with Gasteiger partial charge in [-0.25, -0.2) is 0 Å². The van der Waals surface area contributed by atoms with E-state index in [-0.39, 0.29) is 11.5 Å². The Kier molecular flexibility index (Phi) is 2.41. The zero-order chi connectivity index (χ0) is 10.8. The van der Waals surface area contributed by atoms with Crippen LogP contribution >= 0.6 is 0 Å². The van der Waals surface area contributed by atoms with Crippen molar-refractivity contribution in [1.29, 1.82) is 0 Å². The predicted octanol–water partition coefficient (Wildman–Crippen LogP) is 3.15. The highest BCUT2D eigenvalue weighted by molar-refractivity contribution is 5.85. The predicted molar refractivity (Wildman–Crippen MR) is 52.2 cm³/mol. The molecule has 0 heterocycles. The lowest BCUT2D eigenvalue weighted by Gasteiger charge is -2.07. The third-order valence-corrected chi connectivity index (χ3v) is 2.04. The second kappa shape index (κ2) is 3.73. The van der Waals surface area contributed by atoms with Gasteiger partial charge >= 0.3 is 6.61 Å². The molecule has 15 heavy (non-hydrogen) atoms. The molecule has 0 atom stereocenters. The quantitative estimate of drug-likeness (QED) is 0.825. The number of rotatable bonds is 2. The van der Waals surface area contributed by atoms with Crippen LogP contribution in [0.5, 0.6) is 11.5 Å². The standard InChI is InChI=1S/C11H8F2O2/c12-11(13)15-10-6-8-4-2-1-3-7(8)5-9(10)14/h1-6,11,14H. The number of fused-ring (bicyclic) bond motifs is 1. The van der Waals surface area contributed by atoms with Gasteiger partial charge in [-0.3, -0.25) is 0 Å². The van der Waals surface area contributed by atoms with E-state index in [0.29, 0.717) is 0 Å². The number of benzene rings is 2. The lowest BCUT2D eigenvalue weighted by atomic mass is 10.1. The second-order valence-electron chi connectivity index (χ2n) is 3.05. The van der Waals surface area contributed by atoms with Gasteiger partial charge in [-0.1, -0.05) is 24.3 Å². The minimum absolute atomic E-state index is 0.205. The monoisotopic (exact) mass is 210 g/mol. The average molecular weight is 210 g/mol. The highest BCUT2D eigenvalue weighted by Crippen LogP contribution is 2.32. The van der Waals surface area contributed by atoms with E-state index < -0.39 is 6.61 Å². The number of hydrogen-bond donors (Lipinski definition) is 1. The molecule has 0 fully saturated rings. The molecule has 0 bridgehead atoms. The van der Waals surface area contributed by atoms with E-state index in [2.05, 4.69) is 4.74 Å². The van der Waals surface area contributed by atoms with Crippen molar-refractivity contribution in [3.63, 3.8) is 0 Å². The maximum Gasteiger partial charge on any atom is 0.387 e. The summed E-state index contributed by atoms with van der Waals surface area (Å²) in [5.41, 5.74) is 0. The third kappa shape index (κ3) is 1.98. The zero-order valence-corrected chi connectivity index (χ0v) is 7.65. The van der Waals surface area contributed by atoms with Crippen molar-refractivity contribution in [3.05, 3.63) is 36.4 Å². The van der Waals surface area contributed by atoms with Crippen molar-refractivity contribution in [2.45, 2.75) is 6.61 Å². The highest BCUT2D eigenvalue weighted by Gasteiger charge is 2.09. The highest BCUT2D eigenvalue weighted by atomic mass is 19.3. The van der Waals surface area contributed by atoms with Gasteiger partial charge in [-0.15, -0.1) is 0 Å². The summed E-state index contributed by atoms with van der Waals surface area (Å²) >= 11 is 0. The maximum absolute atomic E-state index is 12.0. The normalized spacial score (nSPS) is 10.9. The van der Waals surface area contributed by atoms with E-state index in [1.807, 2.05) is 0 Å². The molecular weight excluding hydrogens is 202 g/mol. The first-order valence-electron chi connectivity index (χ1n) is 4.33. The van der Waals surface area contributed by atoms with Crippen molar-refractivity contribution in [1.82, 2.24) is 0 Å². The molecule has 0 aliphatic heterocycles. The second-order valence-corrected chi connectivity index (χ2v) is 3.05. The smallest absolute Gasteiger partial charge is 0.387 e. The van der Waals surface area contributed by atoms with Crippen LogP contribution in [0.1, 0.15) is 0 Å². The fourth-order valence-electron chi connectivity index (χ4n) is 1.40. The molecular formula is C11H8F2O2. The van der Waals surface area contributed by atoms with Gasteiger partial charge in [0.15, 0.2) is 11.5 Å². The van der Waals surface area contributed by atoms with E-state index in [4.69, 9.17) is 0 Å². The Labute approximate surface area is 84.7 Å². The van der Waals surface area contributed by atoms with Crippen LogP contribution in [0, 0.1) is 0 Å². The van der Waals surface area contributed by atoms with Crippen LogP contribution in [0.4, 0.5) is 8.78 Å². The van der Waals surface area contributed by atoms with Crippen molar-refractivity contribution >= 4 is 10.8 Å². The first-order valence-corrected chi connectivity index (χ1v) is 4.33. The third-order valence-electron chi connectivity index (χ3n) is 2.04. The van der Waals surface area contributed by atoms with Gasteiger partial charge in [0.25, 0.3) is 0 Å². The molecule has 0 aliphatic carbocycles. The number of ether oxygens (including phenoxy) is 1. The van der Waals surface area contributed by atoms with Gasteiger partial charge in [-0.05, 0) is 22.9 Å². The number of phenolic OH excluding ortho intramolecular Hbond substituents is 1. The molecule has 4 heteroatoms. The van der Waals surface area contributed by atoms with Crippen LogP contribution in [0.15, 0.2) is 36.4 Å². The van der Waals surface area contributed by atoms with Crippen LogP contribution in [-0.4, -0.2) is 11.7 Å². The molecule has 0 saturated carbocycles. The average Bonchev–Trinajstić information content (AvgIpc) is 2.18. The number of hydrogen-bond acceptors (Lipinski definition) is 2. The summed E-state index contributed by atoms with van der Waals surface area (Å²) in [7, 11) is 0. The van der Waals surface area contributed by atoms with Crippen molar-refractivity contribution in [3.8, 4) is 11.5 Å². The van der Waals surface area contributed by atoms with Gasteiger partial charge in [0.1, 0.15) is 0 Å². The molecule has 0 radical (unpaired) electrons. The van der Waals surface area contributed by atoms with Gasteiger partial charge < -0.3 is 9.84 Å². The number of alkyl halides is 2. The lowest BCUT2D eigenvalue weighted by molar-refractivity contribution is -0.0511. The number of aromatic hydroxyl groups is 1. The summed E-state index contributed by atoms with van der Waals surface area (Å²) in [5, 5.41) is 10.9. The molecule has 0 aromatic heterocycles. The minimum atomic E-state index is -2.93. The summed E-state index contributed by atoms with van der Waals surface area (Å²) in [6.07, 6.45) is 0. The van der Waals surface area contributed by atoms with E-state index in [9.17, 15) is 13.9 Å². The summed E-state index contributed by atoms with van der Waals surface area (Å²) in [6.45, 7) is -2.93. The largest absolute Gasteiger partial charge is 0.504 e. The first-order chi connectivity index (χ1) is 7.16. The van der Waals surface area contributed by atoms with Crippen molar-refractivity contribution in [2.75, 3.05) is 0 Å². The summed E-state index contributed by atoms with van der Waals surface area (Å²) < 4.78 is 28.1. The van der Waals surface area contributed by atoms with Crippen LogP contribution in [-0.2, 0) is 0 Å². The fraction of sp³-hybridized carbons (Fsp3) is 0.0909. The molecule has 0 amide bonds. The van der Waals surface area contributed by atoms with Crippen molar-refractivity contribution in [2.24, 2.45) is 0 Å². The van der Waals surface area contributed by atoms with Crippen LogP contribution in [0.2, 0.25) is 0 Å². The summed E-state index contributed by atoms with van der Waals surface area (Å²) in [4.78, 5) is 0. The van der Waals surface area contributed by atoms with Crippen molar-refractivity contribution < 1.29 is 18.6 Å². The molecule has 1 N–H and O–H groups in total. The number of phenols is 1. The zero-order valence-electron chi connectivity index (χ0n) is 7.65. The Hall–Kier alpha value is -1.84. The molecule has 2 rings (SSSR count). The van der Waals surface area contributed by atoms with Gasteiger partial charge in [0.05, 0.1) is 0 Å². The summed E-state index contributed by atoms with van der Waals surface area (Å²) in [6, 6.07) is 9.90. The lowest BCUT2D eigenvalue weighted by Crippen LogP contribution is -2.01. The first kappa shape index (κ1) is 9.71. The van der Waals surface area contributed by atoms with E-state index in [1.54, 1.807) is 24.3 Å². The Morgan fingerprint density at radius 3 is 2.27 bits per heavy atom. The molecule has 0 saturated heterocycles. The minimum Gasteiger partial charge on any atom is -0.504 e. The SMILES string of the molecule is Oc1cc2ccccc2cc1OC(F)F. The molecule has 2 aromatic carbocycles. The van der Waals surface area contributed by atoms with E-state index in [0.717, 1.165) is 10.8 Å². The Morgan fingerprint density at radius 2 is 1.67 bits per heavy atom.